The molecule has 18 heavy (non-hydrogen) atoms. The van der Waals surface area contributed by atoms with Gasteiger partial charge in [0.1, 0.15) is 11.5 Å². The standard InChI is InChI=1S/C14H16FN3/c1-9-5-6-11(15)14(7-9)18-13-4-2-3-12(16)10(13)8-17-18/h5-8,12H,2-4,16H2,1H3/t12-/m1/s1. The molecule has 94 valence electrons. The third kappa shape index (κ3) is 1.73. The number of hydrogen-bond donors (Lipinski definition) is 1. The molecule has 1 atom stereocenters. The van der Waals surface area contributed by atoms with Crippen LogP contribution in [-0.4, -0.2) is 9.78 Å². The quantitative estimate of drug-likeness (QED) is 0.839. The van der Waals surface area contributed by atoms with Gasteiger partial charge in [-0.1, -0.05) is 6.07 Å². The van der Waals surface area contributed by atoms with E-state index in [1.165, 1.54) is 6.07 Å². The van der Waals surface area contributed by atoms with Gasteiger partial charge in [-0.2, -0.15) is 5.10 Å². The Balaban J connectivity index is 2.15. The van der Waals surface area contributed by atoms with Crippen LogP contribution in [-0.2, 0) is 6.42 Å². The van der Waals surface area contributed by atoms with Crippen molar-refractivity contribution in [2.75, 3.05) is 0 Å². The Kier molecular flexibility index (Phi) is 2.67. The summed E-state index contributed by atoms with van der Waals surface area (Å²) in [7, 11) is 0. The Morgan fingerprint density at radius 3 is 3.11 bits per heavy atom. The van der Waals surface area contributed by atoms with Gasteiger partial charge in [0, 0.05) is 17.3 Å². The molecule has 0 saturated carbocycles. The van der Waals surface area contributed by atoms with Crippen LogP contribution in [0, 0.1) is 12.7 Å². The highest BCUT2D eigenvalue weighted by Gasteiger charge is 2.22. The molecule has 1 aliphatic rings. The molecule has 0 unspecified atom stereocenters. The Labute approximate surface area is 105 Å². The molecule has 2 N–H and O–H groups in total. The molecule has 3 nitrogen and oxygen atoms in total. The van der Waals surface area contributed by atoms with Crippen molar-refractivity contribution in [1.29, 1.82) is 0 Å². The lowest BCUT2D eigenvalue weighted by atomic mass is 9.94. The highest BCUT2D eigenvalue weighted by molar-refractivity contribution is 5.40. The van der Waals surface area contributed by atoms with Gasteiger partial charge in [0.05, 0.1) is 6.20 Å². The van der Waals surface area contributed by atoms with Crippen LogP contribution >= 0.6 is 0 Å². The van der Waals surface area contributed by atoms with E-state index in [-0.39, 0.29) is 11.9 Å². The summed E-state index contributed by atoms with van der Waals surface area (Å²) < 4.78 is 15.6. The zero-order chi connectivity index (χ0) is 12.7. The summed E-state index contributed by atoms with van der Waals surface area (Å²) >= 11 is 0. The number of aryl methyl sites for hydroxylation is 1. The van der Waals surface area contributed by atoms with Crippen LogP contribution in [0.4, 0.5) is 4.39 Å². The summed E-state index contributed by atoms with van der Waals surface area (Å²) in [6, 6.07) is 5.11. The number of nitrogens with two attached hydrogens (primary N) is 1. The molecule has 0 radical (unpaired) electrons. The van der Waals surface area contributed by atoms with Gasteiger partial charge >= 0.3 is 0 Å². The van der Waals surface area contributed by atoms with Crippen LogP contribution in [0.15, 0.2) is 24.4 Å². The van der Waals surface area contributed by atoms with Gasteiger partial charge in [0.2, 0.25) is 0 Å². The zero-order valence-electron chi connectivity index (χ0n) is 10.4. The molecule has 1 aromatic heterocycles. The third-order valence-electron chi connectivity index (χ3n) is 3.56. The van der Waals surface area contributed by atoms with Crippen molar-refractivity contribution < 1.29 is 4.39 Å². The smallest absolute Gasteiger partial charge is 0.148 e. The van der Waals surface area contributed by atoms with E-state index in [4.69, 9.17) is 5.73 Å². The fourth-order valence-electron chi connectivity index (χ4n) is 2.58. The van der Waals surface area contributed by atoms with E-state index >= 15 is 0 Å². The highest BCUT2D eigenvalue weighted by Crippen LogP contribution is 2.30. The van der Waals surface area contributed by atoms with Crippen molar-refractivity contribution >= 4 is 0 Å². The summed E-state index contributed by atoms with van der Waals surface area (Å²) in [6.45, 7) is 1.95. The fraction of sp³-hybridized carbons (Fsp3) is 0.357. The van der Waals surface area contributed by atoms with Crippen molar-refractivity contribution in [2.24, 2.45) is 5.73 Å². The Morgan fingerprint density at radius 1 is 1.44 bits per heavy atom. The molecule has 0 aliphatic heterocycles. The van der Waals surface area contributed by atoms with Crippen LogP contribution in [0.2, 0.25) is 0 Å². The van der Waals surface area contributed by atoms with Gasteiger partial charge in [0.25, 0.3) is 0 Å². The minimum absolute atomic E-state index is 0.0374. The van der Waals surface area contributed by atoms with E-state index in [9.17, 15) is 4.39 Å². The second kappa shape index (κ2) is 4.21. The second-order valence-corrected chi connectivity index (χ2v) is 4.91. The molecule has 2 aromatic rings. The topological polar surface area (TPSA) is 43.8 Å². The van der Waals surface area contributed by atoms with Gasteiger partial charge in [-0.3, -0.25) is 0 Å². The van der Waals surface area contributed by atoms with Gasteiger partial charge in [-0.15, -0.1) is 0 Å². The van der Waals surface area contributed by atoms with Gasteiger partial charge < -0.3 is 5.73 Å². The second-order valence-electron chi connectivity index (χ2n) is 4.91. The first-order valence-electron chi connectivity index (χ1n) is 6.25. The largest absolute Gasteiger partial charge is 0.324 e. The molecule has 1 aliphatic carbocycles. The minimum atomic E-state index is -0.245. The molecule has 1 aromatic carbocycles. The summed E-state index contributed by atoms with van der Waals surface area (Å²) in [4.78, 5) is 0. The van der Waals surface area contributed by atoms with Crippen LogP contribution in [0.5, 0.6) is 0 Å². The number of hydrogen-bond acceptors (Lipinski definition) is 2. The first-order valence-corrected chi connectivity index (χ1v) is 6.25. The first-order chi connectivity index (χ1) is 8.66. The molecule has 0 amide bonds. The lowest BCUT2D eigenvalue weighted by molar-refractivity contribution is 0.551. The van der Waals surface area contributed by atoms with Gasteiger partial charge in [-0.05, 0) is 43.9 Å². The van der Waals surface area contributed by atoms with E-state index in [1.54, 1.807) is 16.9 Å². The highest BCUT2D eigenvalue weighted by atomic mass is 19.1. The molecule has 0 saturated heterocycles. The molecular formula is C14H16FN3. The van der Waals surface area contributed by atoms with Gasteiger partial charge in [-0.25, -0.2) is 9.07 Å². The molecule has 3 rings (SSSR count). The number of rotatable bonds is 1. The Hall–Kier alpha value is -1.68. The molecular weight excluding hydrogens is 229 g/mol. The predicted octanol–water partition coefficient (Wildman–Crippen LogP) is 2.66. The summed E-state index contributed by atoms with van der Waals surface area (Å²) in [5.74, 6) is -0.245. The average Bonchev–Trinajstić information content (AvgIpc) is 2.77. The van der Waals surface area contributed by atoms with E-state index in [2.05, 4.69) is 5.10 Å². The fourth-order valence-corrected chi connectivity index (χ4v) is 2.58. The maximum Gasteiger partial charge on any atom is 0.148 e. The van der Waals surface area contributed by atoms with E-state index in [0.29, 0.717) is 5.69 Å². The van der Waals surface area contributed by atoms with Gasteiger partial charge in [0.15, 0.2) is 0 Å². The third-order valence-corrected chi connectivity index (χ3v) is 3.56. The zero-order valence-corrected chi connectivity index (χ0v) is 10.4. The molecule has 0 spiro atoms. The van der Waals surface area contributed by atoms with Crippen LogP contribution in [0.1, 0.15) is 35.7 Å². The first kappa shape index (κ1) is 11.4. The molecule has 0 bridgehead atoms. The average molecular weight is 245 g/mol. The summed E-state index contributed by atoms with van der Waals surface area (Å²) in [6.07, 6.45) is 4.71. The van der Waals surface area contributed by atoms with Crippen LogP contribution in [0.25, 0.3) is 5.69 Å². The Morgan fingerprint density at radius 2 is 2.28 bits per heavy atom. The monoisotopic (exact) mass is 245 g/mol. The van der Waals surface area contributed by atoms with Crippen molar-refractivity contribution in [1.82, 2.24) is 9.78 Å². The minimum Gasteiger partial charge on any atom is -0.324 e. The molecule has 4 heteroatoms. The van der Waals surface area contributed by atoms with Crippen LogP contribution < -0.4 is 5.73 Å². The molecule has 1 heterocycles. The maximum atomic E-state index is 13.9. The predicted molar refractivity (Wildman–Crippen MR) is 68.1 cm³/mol. The number of fused-ring (bicyclic) bond motifs is 1. The van der Waals surface area contributed by atoms with Crippen LogP contribution in [0.3, 0.4) is 0 Å². The lowest BCUT2D eigenvalue weighted by Crippen LogP contribution is -2.18. The number of halogens is 1. The lowest BCUT2D eigenvalue weighted by Gasteiger charge is -2.19. The van der Waals surface area contributed by atoms with E-state index in [1.807, 2.05) is 13.0 Å². The van der Waals surface area contributed by atoms with Crippen molar-refractivity contribution in [3.63, 3.8) is 0 Å². The molecule has 0 fully saturated rings. The van der Waals surface area contributed by atoms with E-state index in [0.717, 1.165) is 36.1 Å². The maximum absolute atomic E-state index is 13.9. The SMILES string of the molecule is Cc1ccc(F)c(-n2ncc3c2CCC[C@H]3N)c1. The van der Waals surface area contributed by atoms with Crippen molar-refractivity contribution in [3.05, 3.63) is 47.0 Å². The summed E-state index contributed by atoms with van der Waals surface area (Å²) in [5.41, 5.74) is 9.71. The van der Waals surface area contributed by atoms with Crippen molar-refractivity contribution in [2.45, 2.75) is 32.2 Å². The van der Waals surface area contributed by atoms with E-state index < -0.39 is 0 Å². The van der Waals surface area contributed by atoms with Crippen molar-refractivity contribution in [3.8, 4) is 5.69 Å². The number of nitrogens with zero attached hydrogens (tertiary/aromatic N) is 2. The summed E-state index contributed by atoms with van der Waals surface area (Å²) in [5, 5.41) is 4.32. The number of aromatic nitrogens is 2. The normalized spacial score (nSPS) is 18.7. The number of benzene rings is 1. The Bertz CT molecular complexity index is 589.